The van der Waals surface area contributed by atoms with E-state index in [9.17, 15) is 17.2 Å². The van der Waals surface area contributed by atoms with E-state index in [1.165, 1.54) is 36.4 Å². The molecule has 0 aliphatic rings. The van der Waals surface area contributed by atoms with E-state index in [4.69, 9.17) is 4.42 Å². The highest BCUT2D eigenvalue weighted by Gasteiger charge is 2.14. The molecule has 0 unspecified atom stereocenters. The zero-order valence-corrected chi connectivity index (χ0v) is 15.4. The van der Waals surface area contributed by atoms with Gasteiger partial charge in [0.1, 0.15) is 17.4 Å². The summed E-state index contributed by atoms with van der Waals surface area (Å²) in [6.45, 7) is 1.89. The zero-order valence-electron chi connectivity index (χ0n) is 14.6. The van der Waals surface area contributed by atoms with Crippen molar-refractivity contribution in [3.05, 3.63) is 77.2 Å². The molecule has 0 spiro atoms. The molecule has 1 aromatic heterocycles. The SMILES string of the molecule is Cc1oc(-c2ccc(F)cc2)nc1CCNS(=O)(=O)Cc1ccc(F)cc1. The minimum absolute atomic E-state index is 0.153. The second-order valence-electron chi connectivity index (χ2n) is 6.06. The number of oxazole rings is 1. The fraction of sp³-hybridized carbons (Fsp3) is 0.211. The molecule has 0 aliphatic carbocycles. The fourth-order valence-corrected chi connectivity index (χ4v) is 3.70. The number of nitrogens with one attached hydrogen (secondary N) is 1. The number of sulfonamides is 1. The quantitative estimate of drug-likeness (QED) is 0.667. The van der Waals surface area contributed by atoms with E-state index >= 15 is 0 Å². The molecule has 1 N–H and O–H groups in total. The normalized spacial score (nSPS) is 11.7. The highest BCUT2D eigenvalue weighted by atomic mass is 32.2. The van der Waals surface area contributed by atoms with E-state index in [-0.39, 0.29) is 18.1 Å². The molecule has 3 rings (SSSR count). The first kappa shape index (κ1) is 19.2. The Hall–Kier alpha value is -2.58. The number of halogens is 2. The fourth-order valence-electron chi connectivity index (χ4n) is 2.55. The van der Waals surface area contributed by atoms with Crippen LogP contribution in [0, 0.1) is 18.6 Å². The van der Waals surface area contributed by atoms with Crippen LogP contribution in [0.1, 0.15) is 17.0 Å². The minimum Gasteiger partial charge on any atom is -0.441 e. The highest BCUT2D eigenvalue weighted by Crippen LogP contribution is 2.22. The van der Waals surface area contributed by atoms with Crippen molar-refractivity contribution in [2.75, 3.05) is 6.54 Å². The van der Waals surface area contributed by atoms with E-state index < -0.39 is 15.8 Å². The van der Waals surface area contributed by atoms with Gasteiger partial charge in [0.25, 0.3) is 0 Å². The molecule has 0 aliphatic heterocycles. The Morgan fingerprint density at radius 3 is 2.22 bits per heavy atom. The van der Waals surface area contributed by atoms with Gasteiger partial charge in [-0.1, -0.05) is 12.1 Å². The largest absolute Gasteiger partial charge is 0.441 e. The summed E-state index contributed by atoms with van der Waals surface area (Å²) in [5.41, 5.74) is 1.77. The van der Waals surface area contributed by atoms with Crippen LogP contribution in [0.4, 0.5) is 8.78 Å². The Morgan fingerprint density at radius 1 is 1.00 bits per heavy atom. The van der Waals surface area contributed by atoms with Crippen LogP contribution in [0.2, 0.25) is 0 Å². The summed E-state index contributed by atoms with van der Waals surface area (Å²) in [7, 11) is -3.55. The third-order valence-electron chi connectivity index (χ3n) is 3.94. The Bertz CT molecular complexity index is 1010. The van der Waals surface area contributed by atoms with Gasteiger partial charge >= 0.3 is 0 Å². The molecule has 142 valence electrons. The molecular formula is C19H18F2N2O3S. The molecule has 1 heterocycles. The molecule has 0 amide bonds. The van der Waals surface area contributed by atoms with Crippen molar-refractivity contribution >= 4 is 10.0 Å². The average Bonchev–Trinajstić information content (AvgIpc) is 2.98. The Balaban J connectivity index is 1.60. The number of aromatic nitrogens is 1. The molecule has 27 heavy (non-hydrogen) atoms. The second-order valence-corrected chi connectivity index (χ2v) is 7.87. The average molecular weight is 392 g/mol. The smallest absolute Gasteiger partial charge is 0.226 e. The van der Waals surface area contributed by atoms with Crippen LogP contribution < -0.4 is 4.72 Å². The van der Waals surface area contributed by atoms with Gasteiger partial charge in [0.2, 0.25) is 15.9 Å². The summed E-state index contributed by atoms with van der Waals surface area (Å²) in [6, 6.07) is 11.1. The maximum absolute atomic E-state index is 13.0. The van der Waals surface area contributed by atoms with Gasteiger partial charge in [-0.3, -0.25) is 0 Å². The lowest BCUT2D eigenvalue weighted by molar-refractivity contribution is 0.538. The number of benzene rings is 2. The molecule has 0 fully saturated rings. The maximum atomic E-state index is 13.0. The molecule has 0 radical (unpaired) electrons. The summed E-state index contributed by atoms with van der Waals surface area (Å²) in [5, 5.41) is 0. The molecular weight excluding hydrogens is 374 g/mol. The minimum atomic E-state index is -3.55. The number of rotatable bonds is 7. The Labute approximate surface area is 156 Å². The lowest BCUT2D eigenvalue weighted by Gasteiger charge is -2.06. The molecule has 5 nitrogen and oxygen atoms in total. The second kappa shape index (κ2) is 7.98. The van der Waals surface area contributed by atoms with E-state index in [0.29, 0.717) is 34.9 Å². The van der Waals surface area contributed by atoms with Gasteiger partial charge in [-0.2, -0.15) is 0 Å². The first-order valence-corrected chi connectivity index (χ1v) is 9.92. The number of aryl methyl sites for hydroxylation is 1. The van der Waals surface area contributed by atoms with E-state index in [0.717, 1.165) is 0 Å². The van der Waals surface area contributed by atoms with Crippen LogP contribution >= 0.6 is 0 Å². The van der Waals surface area contributed by atoms with Crippen molar-refractivity contribution in [1.29, 1.82) is 0 Å². The van der Waals surface area contributed by atoms with Crippen molar-refractivity contribution in [2.24, 2.45) is 0 Å². The summed E-state index contributed by atoms with van der Waals surface area (Å²) in [5.74, 6) is -0.0598. The lowest BCUT2D eigenvalue weighted by Crippen LogP contribution is -2.27. The van der Waals surface area contributed by atoms with Crippen LogP contribution in [0.25, 0.3) is 11.5 Å². The van der Waals surface area contributed by atoms with Crippen molar-refractivity contribution in [3.8, 4) is 11.5 Å². The number of nitrogens with zero attached hydrogens (tertiary/aromatic N) is 1. The molecule has 0 bridgehead atoms. The van der Waals surface area contributed by atoms with Crippen molar-refractivity contribution in [2.45, 2.75) is 19.1 Å². The number of hydrogen-bond donors (Lipinski definition) is 1. The monoisotopic (exact) mass is 392 g/mol. The van der Waals surface area contributed by atoms with Gasteiger partial charge in [0.15, 0.2) is 0 Å². The summed E-state index contributed by atoms with van der Waals surface area (Å²) < 4.78 is 58.3. The van der Waals surface area contributed by atoms with E-state index in [1.807, 2.05) is 0 Å². The first-order chi connectivity index (χ1) is 12.8. The van der Waals surface area contributed by atoms with Crippen molar-refractivity contribution in [3.63, 3.8) is 0 Å². The van der Waals surface area contributed by atoms with Crippen LogP contribution in [-0.4, -0.2) is 19.9 Å². The van der Waals surface area contributed by atoms with E-state index in [1.54, 1.807) is 19.1 Å². The van der Waals surface area contributed by atoms with Crippen LogP contribution in [-0.2, 0) is 22.2 Å². The van der Waals surface area contributed by atoms with Crippen LogP contribution in [0.15, 0.2) is 52.9 Å². The van der Waals surface area contributed by atoms with Gasteiger partial charge in [-0.05, 0) is 48.9 Å². The molecule has 0 atom stereocenters. The van der Waals surface area contributed by atoms with Crippen LogP contribution in [0.5, 0.6) is 0 Å². The molecule has 2 aromatic carbocycles. The Morgan fingerprint density at radius 2 is 1.59 bits per heavy atom. The predicted octanol–water partition coefficient (Wildman–Crippen LogP) is 3.59. The first-order valence-electron chi connectivity index (χ1n) is 8.26. The predicted molar refractivity (Wildman–Crippen MR) is 97.4 cm³/mol. The topological polar surface area (TPSA) is 72.2 Å². The molecule has 0 saturated heterocycles. The molecule has 0 saturated carbocycles. The van der Waals surface area contributed by atoms with Gasteiger partial charge in [-0.15, -0.1) is 0 Å². The van der Waals surface area contributed by atoms with Gasteiger partial charge in [0, 0.05) is 18.5 Å². The van der Waals surface area contributed by atoms with Gasteiger partial charge in [0.05, 0.1) is 11.4 Å². The van der Waals surface area contributed by atoms with Crippen molar-refractivity contribution < 1.29 is 21.6 Å². The van der Waals surface area contributed by atoms with Crippen LogP contribution in [0.3, 0.4) is 0 Å². The van der Waals surface area contributed by atoms with Gasteiger partial charge < -0.3 is 4.42 Å². The summed E-state index contributed by atoms with van der Waals surface area (Å²) in [4.78, 5) is 4.36. The maximum Gasteiger partial charge on any atom is 0.226 e. The lowest BCUT2D eigenvalue weighted by atomic mass is 10.2. The van der Waals surface area contributed by atoms with E-state index in [2.05, 4.69) is 9.71 Å². The summed E-state index contributed by atoms with van der Waals surface area (Å²) in [6.07, 6.45) is 0.346. The number of hydrogen-bond acceptors (Lipinski definition) is 4. The standard InChI is InChI=1S/C19H18F2N2O3S/c1-13-18(23-19(26-13)15-4-8-17(21)9-5-15)10-11-22-27(24,25)12-14-2-6-16(20)7-3-14/h2-9,22H,10-12H2,1H3. The third kappa shape index (κ3) is 5.21. The Kier molecular flexibility index (Phi) is 5.67. The highest BCUT2D eigenvalue weighted by molar-refractivity contribution is 7.88. The van der Waals surface area contributed by atoms with Crippen molar-refractivity contribution in [1.82, 2.24) is 9.71 Å². The summed E-state index contributed by atoms with van der Waals surface area (Å²) >= 11 is 0. The van der Waals surface area contributed by atoms with Gasteiger partial charge in [-0.25, -0.2) is 26.9 Å². The molecule has 3 aromatic rings. The zero-order chi connectivity index (χ0) is 19.4. The molecule has 8 heteroatoms. The third-order valence-corrected chi connectivity index (χ3v) is 5.29.